The highest BCUT2D eigenvalue weighted by atomic mass is 16.5. The maximum Gasteiger partial charge on any atom is 0.140 e. The summed E-state index contributed by atoms with van der Waals surface area (Å²) in [6, 6.07) is 8.04. The fourth-order valence-electron chi connectivity index (χ4n) is 3.51. The lowest BCUT2D eigenvalue weighted by Crippen LogP contribution is -2.41. The van der Waals surface area contributed by atoms with Crippen molar-refractivity contribution in [2.45, 2.75) is 57.7 Å². The van der Waals surface area contributed by atoms with Gasteiger partial charge in [-0.05, 0) is 44.9 Å². The van der Waals surface area contributed by atoms with Crippen LogP contribution in [0.25, 0.3) is 11.0 Å². The van der Waals surface area contributed by atoms with E-state index in [-0.39, 0.29) is 0 Å². The van der Waals surface area contributed by atoms with Crippen LogP contribution in [0.2, 0.25) is 0 Å². The fourth-order valence-corrected chi connectivity index (χ4v) is 3.51. The number of aliphatic hydroxyl groups is 1. The first-order chi connectivity index (χ1) is 10.1. The molecular weight excluding hydrogens is 264 g/mol. The van der Waals surface area contributed by atoms with Gasteiger partial charge in [0.1, 0.15) is 23.0 Å². The molecular formula is C18H24O3. The van der Waals surface area contributed by atoms with Crippen molar-refractivity contribution in [1.82, 2.24) is 0 Å². The molecule has 1 aromatic carbocycles. The van der Waals surface area contributed by atoms with Crippen LogP contribution in [0.3, 0.4) is 0 Å². The second-order valence-corrected chi connectivity index (χ2v) is 6.15. The monoisotopic (exact) mass is 288 g/mol. The molecule has 1 aliphatic carbocycles. The lowest BCUT2D eigenvalue weighted by molar-refractivity contribution is -0.147. The van der Waals surface area contributed by atoms with E-state index in [1.54, 1.807) is 0 Å². The molecule has 1 heterocycles. The van der Waals surface area contributed by atoms with Crippen molar-refractivity contribution in [3.8, 4) is 0 Å². The van der Waals surface area contributed by atoms with Crippen molar-refractivity contribution in [1.29, 1.82) is 0 Å². The van der Waals surface area contributed by atoms with E-state index in [1.807, 2.05) is 25.1 Å². The molecule has 1 N–H and O–H groups in total. The molecule has 1 aromatic heterocycles. The number of benzene rings is 1. The van der Waals surface area contributed by atoms with Gasteiger partial charge >= 0.3 is 0 Å². The normalized spacial score (nSPS) is 19.8. The lowest BCUT2D eigenvalue weighted by atomic mass is 9.79. The largest absolute Gasteiger partial charge is 0.458 e. The summed E-state index contributed by atoms with van der Waals surface area (Å²) in [7, 11) is 0. The van der Waals surface area contributed by atoms with Crippen molar-refractivity contribution in [3.05, 3.63) is 35.6 Å². The molecule has 1 atom stereocenters. The van der Waals surface area contributed by atoms with Crippen LogP contribution in [0.4, 0.5) is 0 Å². The zero-order valence-corrected chi connectivity index (χ0v) is 12.9. The Morgan fingerprint density at radius 2 is 2.00 bits per heavy atom. The van der Waals surface area contributed by atoms with Crippen molar-refractivity contribution < 1.29 is 14.3 Å². The van der Waals surface area contributed by atoms with Crippen molar-refractivity contribution in [3.63, 3.8) is 0 Å². The number of hydrogen-bond donors (Lipinski definition) is 1. The van der Waals surface area contributed by atoms with Gasteiger partial charge in [-0.25, -0.2) is 0 Å². The van der Waals surface area contributed by atoms with Crippen molar-refractivity contribution in [2.24, 2.45) is 0 Å². The van der Waals surface area contributed by atoms with Crippen molar-refractivity contribution >= 4 is 11.0 Å². The summed E-state index contributed by atoms with van der Waals surface area (Å²) in [6.07, 6.45) is 4.55. The van der Waals surface area contributed by atoms with Gasteiger partial charge in [-0.1, -0.05) is 30.9 Å². The molecule has 3 nitrogen and oxygen atoms in total. The van der Waals surface area contributed by atoms with Gasteiger partial charge in [-0.2, -0.15) is 0 Å². The summed E-state index contributed by atoms with van der Waals surface area (Å²) in [5.41, 5.74) is 1.55. The van der Waals surface area contributed by atoms with E-state index >= 15 is 0 Å². The fraction of sp³-hybridized carbons (Fsp3) is 0.556. The van der Waals surface area contributed by atoms with Crippen LogP contribution in [0, 0.1) is 6.92 Å². The van der Waals surface area contributed by atoms with Crippen molar-refractivity contribution in [2.75, 3.05) is 6.61 Å². The number of furan rings is 1. The Bertz CT molecular complexity index is 602. The molecule has 1 fully saturated rings. The van der Waals surface area contributed by atoms with Gasteiger partial charge in [0.15, 0.2) is 0 Å². The Labute approximate surface area is 125 Å². The maximum atomic E-state index is 10.9. The topological polar surface area (TPSA) is 42.6 Å². The number of ether oxygens (including phenoxy) is 1. The van der Waals surface area contributed by atoms with E-state index in [0.29, 0.717) is 12.4 Å². The van der Waals surface area contributed by atoms with E-state index in [1.165, 1.54) is 12.0 Å². The quantitative estimate of drug-likeness (QED) is 0.899. The van der Waals surface area contributed by atoms with Crippen LogP contribution in [0.15, 0.2) is 28.7 Å². The third-order valence-corrected chi connectivity index (χ3v) is 4.59. The third-order valence-electron chi connectivity index (χ3n) is 4.59. The summed E-state index contributed by atoms with van der Waals surface area (Å²) < 4.78 is 11.9. The molecule has 3 rings (SSSR count). The van der Waals surface area contributed by atoms with E-state index in [0.717, 1.165) is 36.7 Å². The Hall–Kier alpha value is -1.32. The predicted octanol–water partition coefficient (Wildman–Crippen LogP) is 4.51. The number of aliphatic hydroxyl groups excluding tert-OH is 1. The van der Waals surface area contributed by atoms with Crippen LogP contribution < -0.4 is 0 Å². The molecule has 0 radical (unpaired) electrons. The van der Waals surface area contributed by atoms with Crippen LogP contribution in [-0.4, -0.2) is 17.3 Å². The lowest BCUT2D eigenvalue weighted by Gasteiger charge is -2.39. The van der Waals surface area contributed by atoms with Gasteiger partial charge in [-0.3, -0.25) is 0 Å². The molecule has 0 amide bonds. The van der Waals surface area contributed by atoms with Gasteiger partial charge in [0.05, 0.1) is 0 Å². The van der Waals surface area contributed by atoms with Gasteiger partial charge in [0.2, 0.25) is 0 Å². The van der Waals surface area contributed by atoms with Crippen LogP contribution in [0.1, 0.15) is 56.5 Å². The van der Waals surface area contributed by atoms with E-state index in [4.69, 9.17) is 9.15 Å². The first-order valence-electron chi connectivity index (χ1n) is 7.97. The highest BCUT2D eigenvalue weighted by molar-refractivity contribution is 5.78. The molecule has 1 unspecified atom stereocenters. The SMILES string of the molecule is CCOC1(C(O)c2cc3cc(C)ccc3o2)CCCCC1. The summed E-state index contributed by atoms with van der Waals surface area (Å²) in [5.74, 6) is 0.631. The van der Waals surface area contributed by atoms with E-state index in [9.17, 15) is 5.11 Å². The highest BCUT2D eigenvalue weighted by Gasteiger charge is 2.42. The van der Waals surface area contributed by atoms with Crippen LogP contribution >= 0.6 is 0 Å². The number of hydrogen-bond acceptors (Lipinski definition) is 3. The average Bonchev–Trinajstić information content (AvgIpc) is 2.90. The molecule has 3 heteroatoms. The molecule has 0 bridgehead atoms. The zero-order chi connectivity index (χ0) is 14.9. The average molecular weight is 288 g/mol. The Kier molecular flexibility index (Phi) is 4.05. The minimum Gasteiger partial charge on any atom is -0.458 e. The third kappa shape index (κ3) is 2.72. The Morgan fingerprint density at radius 1 is 1.24 bits per heavy atom. The smallest absolute Gasteiger partial charge is 0.140 e. The molecule has 0 aliphatic heterocycles. The summed E-state index contributed by atoms with van der Waals surface area (Å²) in [6.45, 7) is 4.67. The standard InChI is InChI=1S/C18H24O3/c1-3-20-18(9-5-4-6-10-18)17(19)16-12-14-11-13(2)7-8-15(14)21-16/h7-8,11-12,17,19H,3-6,9-10H2,1-2H3. The van der Waals surface area contributed by atoms with Gasteiger partial charge in [-0.15, -0.1) is 0 Å². The second kappa shape index (κ2) is 5.82. The highest BCUT2D eigenvalue weighted by Crippen LogP contribution is 2.42. The summed E-state index contributed by atoms with van der Waals surface area (Å²) >= 11 is 0. The Balaban J connectivity index is 1.95. The second-order valence-electron chi connectivity index (χ2n) is 6.15. The molecule has 0 saturated heterocycles. The van der Waals surface area contributed by atoms with E-state index < -0.39 is 11.7 Å². The number of rotatable bonds is 4. The van der Waals surface area contributed by atoms with Gasteiger partial charge < -0.3 is 14.3 Å². The van der Waals surface area contributed by atoms with Crippen LogP contribution in [0.5, 0.6) is 0 Å². The van der Waals surface area contributed by atoms with Gasteiger partial charge in [0, 0.05) is 12.0 Å². The molecule has 1 saturated carbocycles. The maximum absolute atomic E-state index is 10.9. The molecule has 0 spiro atoms. The molecule has 2 aromatic rings. The van der Waals surface area contributed by atoms with E-state index in [2.05, 4.69) is 13.0 Å². The molecule has 114 valence electrons. The zero-order valence-electron chi connectivity index (χ0n) is 12.9. The van der Waals surface area contributed by atoms with Gasteiger partial charge in [0.25, 0.3) is 0 Å². The summed E-state index contributed by atoms with van der Waals surface area (Å²) in [5, 5.41) is 11.9. The minimum absolute atomic E-state index is 0.476. The Morgan fingerprint density at radius 3 is 2.71 bits per heavy atom. The predicted molar refractivity (Wildman–Crippen MR) is 83.4 cm³/mol. The minimum atomic E-state index is -0.689. The number of aryl methyl sites for hydroxylation is 1. The summed E-state index contributed by atoms with van der Waals surface area (Å²) in [4.78, 5) is 0. The van der Waals surface area contributed by atoms with Crippen LogP contribution in [-0.2, 0) is 4.74 Å². The molecule has 21 heavy (non-hydrogen) atoms. The number of fused-ring (bicyclic) bond motifs is 1. The molecule has 1 aliphatic rings. The first kappa shape index (κ1) is 14.6. The first-order valence-corrected chi connectivity index (χ1v) is 7.97.